The fraction of sp³-hybridized carbons (Fsp3) is 0.0526. The van der Waals surface area contributed by atoms with Crippen LogP contribution >= 0.6 is 22.9 Å². The summed E-state index contributed by atoms with van der Waals surface area (Å²) in [5, 5.41) is 8.93. The van der Waals surface area contributed by atoms with Crippen LogP contribution < -0.4 is 5.32 Å². The third-order valence-corrected chi connectivity index (χ3v) is 5.36. The van der Waals surface area contributed by atoms with Crippen molar-refractivity contribution >= 4 is 51.8 Å². The van der Waals surface area contributed by atoms with Crippen LogP contribution in [0.1, 0.15) is 31.2 Å². The number of nitrogens with zero attached hydrogens (tertiary/aromatic N) is 3. The zero-order valence-corrected chi connectivity index (χ0v) is 15.7. The van der Waals surface area contributed by atoms with Crippen LogP contribution in [0.4, 0.5) is 10.8 Å². The third kappa shape index (κ3) is 3.22. The molecule has 0 spiro atoms. The van der Waals surface area contributed by atoms with E-state index in [0.29, 0.717) is 21.1 Å². The number of nitrogens with one attached hydrogen (secondary N) is 1. The Morgan fingerprint density at radius 2 is 1.70 bits per heavy atom. The van der Waals surface area contributed by atoms with Crippen LogP contribution in [0.2, 0.25) is 5.15 Å². The number of fused-ring (bicyclic) bond motifs is 1. The van der Waals surface area contributed by atoms with Gasteiger partial charge in [0, 0.05) is 5.69 Å². The molecule has 0 saturated carbocycles. The first kappa shape index (κ1) is 17.4. The van der Waals surface area contributed by atoms with Gasteiger partial charge in [0.1, 0.15) is 0 Å². The second kappa shape index (κ2) is 6.94. The Bertz CT molecular complexity index is 1060. The maximum atomic E-state index is 12.3. The number of para-hydroxylation sites is 1. The van der Waals surface area contributed by atoms with Gasteiger partial charge in [0.2, 0.25) is 0 Å². The van der Waals surface area contributed by atoms with Crippen molar-refractivity contribution in [2.24, 2.45) is 5.10 Å². The van der Waals surface area contributed by atoms with Gasteiger partial charge in [-0.05, 0) is 30.7 Å². The molecule has 0 radical (unpaired) electrons. The van der Waals surface area contributed by atoms with E-state index in [0.717, 1.165) is 16.3 Å². The molecular formula is C19H13ClN4O2S. The summed E-state index contributed by atoms with van der Waals surface area (Å²) in [5.41, 5.74) is 2.69. The summed E-state index contributed by atoms with van der Waals surface area (Å²) >= 11 is 7.46. The number of anilines is 2. The highest BCUT2D eigenvalue weighted by molar-refractivity contribution is 7.17. The van der Waals surface area contributed by atoms with Crippen molar-refractivity contribution in [3.8, 4) is 0 Å². The highest BCUT2D eigenvalue weighted by Crippen LogP contribution is 2.29. The minimum Gasteiger partial charge on any atom is -0.331 e. The highest BCUT2D eigenvalue weighted by Gasteiger charge is 2.35. The van der Waals surface area contributed by atoms with E-state index >= 15 is 0 Å². The zero-order valence-electron chi connectivity index (χ0n) is 14.1. The van der Waals surface area contributed by atoms with E-state index in [1.54, 1.807) is 24.3 Å². The van der Waals surface area contributed by atoms with Gasteiger partial charge < -0.3 is 5.32 Å². The van der Waals surface area contributed by atoms with Crippen molar-refractivity contribution in [1.82, 2.24) is 9.99 Å². The second-order valence-corrected chi connectivity index (χ2v) is 7.21. The number of hydrogen-bond acceptors (Lipinski definition) is 6. The minimum absolute atomic E-state index is 0.247. The average Bonchev–Trinajstić information content (AvgIpc) is 3.13. The molecule has 0 saturated heterocycles. The third-order valence-electron chi connectivity index (χ3n) is 4.06. The minimum atomic E-state index is -0.453. The van der Waals surface area contributed by atoms with Crippen LogP contribution in [0, 0.1) is 6.92 Å². The number of halogens is 1. The highest BCUT2D eigenvalue weighted by atomic mass is 35.5. The Morgan fingerprint density at radius 3 is 2.37 bits per heavy atom. The lowest BCUT2D eigenvalue weighted by atomic mass is 10.1. The fourth-order valence-electron chi connectivity index (χ4n) is 2.67. The fourth-order valence-corrected chi connectivity index (χ4v) is 3.70. The van der Waals surface area contributed by atoms with Crippen molar-refractivity contribution in [3.05, 3.63) is 75.3 Å². The Kier molecular flexibility index (Phi) is 4.47. The summed E-state index contributed by atoms with van der Waals surface area (Å²) in [6.07, 6.45) is 1.38. The molecule has 1 aromatic heterocycles. The Labute approximate surface area is 164 Å². The van der Waals surface area contributed by atoms with Crippen molar-refractivity contribution in [1.29, 1.82) is 0 Å². The summed E-state index contributed by atoms with van der Waals surface area (Å²) in [6, 6.07) is 14.4. The van der Waals surface area contributed by atoms with E-state index in [-0.39, 0.29) is 5.15 Å². The molecule has 6 nitrogen and oxygen atoms in total. The van der Waals surface area contributed by atoms with Gasteiger partial charge in [-0.3, -0.25) is 9.59 Å². The van der Waals surface area contributed by atoms with E-state index in [1.165, 1.54) is 17.6 Å². The summed E-state index contributed by atoms with van der Waals surface area (Å²) in [4.78, 5) is 29.5. The number of imide groups is 1. The van der Waals surface area contributed by atoms with Crippen LogP contribution in [0.3, 0.4) is 0 Å². The van der Waals surface area contributed by atoms with Gasteiger partial charge in [0.15, 0.2) is 10.3 Å². The number of hydrogen-bond donors (Lipinski definition) is 1. The Balaban J connectivity index is 1.56. The van der Waals surface area contributed by atoms with Gasteiger partial charge in [0.25, 0.3) is 11.8 Å². The van der Waals surface area contributed by atoms with E-state index < -0.39 is 11.8 Å². The van der Waals surface area contributed by atoms with Crippen LogP contribution in [0.15, 0.2) is 53.6 Å². The molecule has 3 aromatic rings. The van der Waals surface area contributed by atoms with E-state index in [2.05, 4.69) is 15.4 Å². The number of thiazole rings is 1. The van der Waals surface area contributed by atoms with Gasteiger partial charge >= 0.3 is 0 Å². The molecule has 8 heteroatoms. The smallest absolute Gasteiger partial charge is 0.282 e. The second-order valence-electron chi connectivity index (χ2n) is 5.83. The molecule has 0 fully saturated rings. The molecule has 0 bridgehead atoms. The van der Waals surface area contributed by atoms with Gasteiger partial charge in [-0.1, -0.05) is 53.3 Å². The number of aryl methyl sites for hydroxylation is 1. The first-order chi connectivity index (χ1) is 13.0. The number of benzene rings is 2. The monoisotopic (exact) mass is 396 g/mol. The molecule has 1 aliphatic rings. The molecule has 0 unspecified atom stereocenters. The molecule has 0 aliphatic carbocycles. The molecule has 2 amide bonds. The molecule has 0 atom stereocenters. The van der Waals surface area contributed by atoms with E-state index in [1.807, 2.05) is 31.2 Å². The molecule has 4 rings (SSSR count). The number of aromatic nitrogens is 1. The normalized spacial score (nSPS) is 13.5. The van der Waals surface area contributed by atoms with Gasteiger partial charge in [-0.2, -0.15) is 10.1 Å². The van der Waals surface area contributed by atoms with Crippen molar-refractivity contribution in [2.45, 2.75) is 6.92 Å². The van der Waals surface area contributed by atoms with Crippen LogP contribution in [-0.2, 0) is 0 Å². The predicted octanol–water partition coefficient (Wildman–Crippen LogP) is 4.48. The Hall–Kier alpha value is -3.03. The van der Waals surface area contributed by atoms with Gasteiger partial charge in [-0.25, -0.2) is 4.98 Å². The van der Waals surface area contributed by atoms with E-state index in [4.69, 9.17) is 11.6 Å². The standard InChI is InChI=1S/C19H13ClN4O2S/c1-11-6-2-5-9-14(11)22-19-23-16(20)15(27-19)10-21-24-17(25)12-7-3-4-8-13(12)18(24)26/h2-10H,1H3,(H,22,23)/b21-10+. The predicted molar refractivity (Wildman–Crippen MR) is 106 cm³/mol. The molecule has 1 N–H and O–H groups in total. The number of carbonyl (C=O) groups excluding carboxylic acids is 2. The van der Waals surface area contributed by atoms with Crippen molar-refractivity contribution < 1.29 is 9.59 Å². The number of rotatable bonds is 4. The van der Waals surface area contributed by atoms with Gasteiger partial charge in [-0.15, -0.1) is 0 Å². The molecule has 27 heavy (non-hydrogen) atoms. The SMILES string of the molecule is Cc1ccccc1Nc1nc(Cl)c(/C=N/N2C(=O)c3ccccc3C2=O)s1. The largest absolute Gasteiger partial charge is 0.331 e. The van der Waals surface area contributed by atoms with Crippen LogP contribution in [0.25, 0.3) is 0 Å². The number of carbonyl (C=O) groups is 2. The zero-order chi connectivity index (χ0) is 19.0. The lowest BCUT2D eigenvalue weighted by molar-refractivity contribution is 0.0660. The first-order valence-corrected chi connectivity index (χ1v) is 9.25. The Morgan fingerprint density at radius 1 is 1.07 bits per heavy atom. The molecule has 1 aliphatic heterocycles. The summed E-state index contributed by atoms with van der Waals surface area (Å²) < 4.78 is 0. The average molecular weight is 397 g/mol. The number of amides is 2. The lowest BCUT2D eigenvalue weighted by Crippen LogP contribution is -2.23. The molecule has 2 heterocycles. The van der Waals surface area contributed by atoms with Crippen LogP contribution in [0.5, 0.6) is 0 Å². The summed E-state index contributed by atoms with van der Waals surface area (Å²) in [7, 11) is 0. The maximum Gasteiger partial charge on any atom is 0.282 e. The lowest BCUT2D eigenvalue weighted by Gasteiger charge is -2.05. The summed E-state index contributed by atoms with van der Waals surface area (Å²) in [5.74, 6) is -0.906. The van der Waals surface area contributed by atoms with E-state index in [9.17, 15) is 9.59 Å². The maximum absolute atomic E-state index is 12.3. The summed E-state index contributed by atoms with van der Waals surface area (Å²) in [6.45, 7) is 1.99. The van der Waals surface area contributed by atoms with Crippen LogP contribution in [-0.4, -0.2) is 28.0 Å². The van der Waals surface area contributed by atoms with Crippen molar-refractivity contribution in [3.63, 3.8) is 0 Å². The number of hydrazone groups is 1. The quantitative estimate of drug-likeness (QED) is 0.521. The first-order valence-electron chi connectivity index (χ1n) is 8.05. The van der Waals surface area contributed by atoms with Crippen molar-refractivity contribution in [2.75, 3.05) is 5.32 Å². The molecule has 134 valence electrons. The van der Waals surface area contributed by atoms with Gasteiger partial charge in [0.05, 0.1) is 22.2 Å². The topological polar surface area (TPSA) is 74.7 Å². The molecular weight excluding hydrogens is 384 g/mol. The molecule has 2 aromatic carbocycles.